The number of benzene rings is 9. The van der Waals surface area contributed by atoms with Crippen LogP contribution < -0.4 is 30.6 Å². The van der Waals surface area contributed by atoms with Gasteiger partial charge in [-0.1, -0.05) is 151 Å². The maximum absolute atomic E-state index is 14.2. The SMILES string of the molecule is CS(=O)(=O)[O-].CS(=O)(=O)[O-].O=S(=O)(Nc1ccccc1Sc1ccccc1)c1ccccc1F.O=S(=O)(Nc1ccccc1[S+](c1ccccc1)c1ccccc1)c1ccccc1F.c1ccc([I+]c2ccccc2)cc1. The summed E-state index contributed by atoms with van der Waals surface area (Å²) in [6, 6.07) is 75.8. The van der Waals surface area contributed by atoms with E-state index in [1.807, 2.05) is 115 Å². The van der Waals surface area contributed by atoms with Crippen molar-refractivity contribution in [3.63, 3.8) is 0 Å². The number of anilines is 2. The monoisotopic (exact) mass is 1270 g/mol. The molecule has 0 bridgehead atoms. The Bertz CT molecular complexity index is 3610. The standard InChI is InChI=1S/C24H19FNO2S2.C18H14FNO2S2.C12H10I.2CH4O3S/c25-21-15-7-10-18-24(21)30(27,28)26-22-16-8-9-17-23(22)29(19-11-3-1-4-12-19)20-13-5-2-6-14-20;19-15-10-4-7-13-18(15)24(21,22)20-16-11-5-6-12-17(16)23-14-8-2-1-3-9-14;1-3-7-11(8-4-1)13-12-9-5-2-6-10-12;2*1-5(2,3)4/h1-18,26H;1-13,20H;1-10H;2*1H3,(H,2,3,4)/q+1;;+1;;/p-2. The van der Waals surface area contributed by atoms with Gasteiger partial charge >= 0.3 is 21.2 Å². The highest BCUT2D eigenvalue weighted by Gasteiger charge is 2.33. The molecule has 0 saturated carbocycles. The van der Waals surface area contributed by atoms with Gasteiger partial charge in [0, 0.05) is 22.3 Å². The molecule has 400 valence electrons. The van der Waals surface area contributed by atoms with E-state index in [0.29, 0.717) is 23.9 Å². The van der Waals surface area contributed by atoms with E-state index in [1.165, 1.54) is 55.3 Å². The van der Waals surface area contributed by atoms with Crippen molar-refractivity contribution in [2.75, 3.05) is 22.0 Å². The van der Waals surface area contributed by atoms with Gasteiger partial charge in [-0.15, -0.1) is 0 Å². The van der Waals surface area contributed by atoms with Crippen molar-refractivity contribution in [3.8, 4) is 0 Å². The van der Waals surface area contributed by atoms with E-state index in [1.54, 1.807) is 24.3 Å². The molecule has 77 heavy (non-hydrogen) atoms. The number of halogens is 3. The average molecular weight is 1270 g/mol. The molecule has 12 nitrogen and oxygen atoms in total. The second kappa shape index (κ2) is 29.9. The van der Waals surface area contributed by atoms with E-state index >= 15 is 0 Å². The molecule has 0 aliphatic rings. The van der Waals surface area contributed by atoms with Gasteiger partial charge in [0.15, 0.2) is 21.8 Å². The van der Waals surface area contributed by atoms with Gasteiger partial charge in [0.05, 0.1) is 25.9 Å². The van der Waals surface area contributed by atoms with Crippen LogP contribution in [0.4, 0.5) is 20.2 Å². The third kappa shape index (κ3) is 22.2. The van der Waals surface area contributed by atoms with Crippen molar-refractivity contribution in [3.05, 3.63) is 267 Å². The fraction of sp³-hybridized carbons (Fsp3) is 0.0357. The molecular weight excluding hydrogens is 1220 g/mol. The largest absolute Gasteiger partial charge is 0.748 e. The lowest BCUT2D eigenvalue weighted by Crippen LogP contribution is -3.61. The van der Waals surface area contributed by atoms with Gasteiger partial charge < -0.3 is 9.11 Å². The van der Waals surface area contributed by atoms with Crippen LogP contribution in [0, 0.1) is 18.8 Å². The summed E-state index contributed by atoms with van der Waals surface area (Å²) >= 11 is 1.46. The molecule has 0 unspecified atom stereocenters. The van der Waals surface area contributed by atoms with Crippen molar-refractivity contribution in [2.45, 2.75) is 34.3 Å². The smallest absolute Gasteiger partial charge is 0.357 e. The zero-order valence-corrected chi connectivity index (χ0v) is 47.9. The summed E-state index contributed by atoms with van der Waals surface area (Å²) in [5.74, 6) is -1.56. The predicted molar refractivity (Wildman–Crippen MR) is 294 cm³/mol. The van der Waals surface area contributed by atoms with Gasteiger partial charge in [-0.05, 0) is 109 Å². The Labute approximate surface area is 466 Å². The minimum atomic E-state index is -4.08. The van der Waals surface area contributed by atoms with Crippen LogP contribution in [0.1, 0.15) is 0 Å². The molecule has 9 aromatic rings. The first kappa shape index (κ1) is 61.4. The summed E-state index contributed by atoms with van der Waals surface area (Å²) in [4.78, 5) is 3.90. The number of hydrogen-bond donors (Lipinski definition) is 2. The highest BCUT2D eigenvalue weighted by Crippen LogP contribution is 2.37. The summed E-state index contributed by atoms with van der Waals surface area (Å²) < 4.78 is 141. The van der Waals surface area contributed by atoms with Crippen LogP contribution in [0.15, 0.2) is 283 Å². The van der Waals surface area contributed by atoms with Crippen LogP contribution in [0.3, 0.4) is 0 Å². The average Bonchev–Trinajstić information content (AvgIpc) is 3.40. The molecule has 0 aliphatic carbocycles. The van der Waals surface area contributed by atoms with Gasteiger partial charge in [-0.2, -0.15) is 0 Å². The maximum atomic E-state index is 14.2. The Hall–Kier alpha value is -6.41. The van der Waals surface area contributed by atoms with Crippen molar-refractivity contribution < 1.29 is 72.8 Å². The van der Waals surface area contributed by atoms with Crippen LogP contribution in [-0.2, 0) is 51.2 Å². The van der Waals surface area contributed by atoms with Gasteiger partial charge in [0.25, 0.3) is 20.0 Å². The van der Waals surface area contributed by atoms with Crippen molar-refractivity contribution >= 4 is 74.3 Å². The minimum absolute atomic E-state index is 0.0287. The molecule has 0 atom stereocenters. The van der Waals surface area contributed by atoms with Crippen LogP contribution in [-0.4, -0.2) is 55.3 Å². The zero-order chi connectivity index (χ0) is 55.9. The Kier molecular flexibility index (Phi) is 23.9. The molecule has 0 radical (unpaired) electrons. The molecule has 0 aliphatic heterocycles. The first-order valence-corrected chi connectivity index (χ1v) is 33.2. The lowest BCUT2D eigenvalue weighted by Gasteiger charge is -2.14. The normalized spacial score (nSPS) is 11.1. The molecule has 2 N–H and O–H groups in total. The Morgan fingerprint density at radius 2 is 0.714 bits per heavy atom. The molecule has 0 fully saturated rings. The highest BCUT2D eigenvalue weighted by atomic mass is 127. The van der Waals surface area contributed by atoms with Gasteiger partial charge in [-0.3, -0.25) is 9.44 Å². The van der Waals surface area contributed by atoms with Crippen LogP contribution in [0.25, 0.3) is 0 Å². The summed E-state index contributed by atoms with van der Waals surface area (Å²) in [5.41, 5.74) is 0.839. The fourth-order valence-corrected chi connectivity index (χ4v) is 14.1. The summed E-state index contributed by atoms with van der Waals surface area (Å²) in [7, 11) is -16.5. The number of hydrogen-bond acceptors (Lipinski definition) is 11. The third-order valence-electron chi connectivity index (χ3n) is 9.35. The lowest BCUT2D eigenvalue weighted by atomic mass is 10.3. The molecule has 0 heterocycles. The van der Waals surface area contributed by atoms with Crippen molar-refractivity contribution in [1.82, 2.24) is 0 Å². The summed E-state index contributed by atoms with van der Waals surface area (Å²) in [6.07, 6.45) is 1.21. The van der Waals surface area contributed by atoms with Gasteiger partial charge in [0.2, 0.25) is 0 Å². The number of sulfonamides is 2. The van der Waals surface area contributed by atoms with E-state index in [4.69, 9.17) is 25.9 Å². The van der Waals surface area contributed by atoms with Crippen molar-refractivity contribution in [1.29, 1.82) is 0 Å². The van der Waals surface area contributed by atoms with E-state index in [-0.39, 0.29) is 31.0 Å². The van der Waals surface area contributed by atoms with Gasteiger partial charge in [0.1, 0.15) is 38.0 Å². The van der Waals surface area contributed by atoms with Gasteiger partial charge in [-0.25, -0.2) is 42.5 Å². The first-order valence-electron chi connectivity index (χ1n) is 22.4. The second-order valence-electron chi connectivity index (χ2n) is 15.5. The van der Waals surface area contributed by atoms with Crippen LogP contribution >= 0.6 is 11.8 Å². The molecule has 0 amide bonds. The predicted octanol–water partition coefficient (Wildman–Crippen LogP) is 8.64. The van der Waals surface area contributed by atoms with E-state index < -0.39 is 62.8 Å². The Balaban J connectivity index is 0.000000206. The summed E-state index contributed by atoms with van der Waals surface area (Å²) in [5, 5.41) is 0. The molecule has 9 aromatic carbocycles. The lowest BCUT2D eigenvalue weighted by molar-refractivity contribution is -0.597. The molecule has 0 saturated heterocycles. The number of para-hydroxylation sites is 2. The highest BCUT2D eigenvalue weighted by molar-refractivity contribution is 7.99. The molecule has 0 spiro atoms. The number of rotatable bonds is 13. The molecule has 21 heteroatoms. The van der Waals surface area contributed by atoms with E-state index in [9.17, 15) is 25.6 Å². The topological polar surface area (TPSA) is 207 Å². The number of nitrogens with one attached hydrogen (secondary N) is 2. The first-order chi connectivity index (χ1) is 36.6. The van der Waals surface area contributed by atoms with E-state index in [0.717, 1.165) is 36.6 Å². The second-order valence-corrected chi connectivity index (χ2v) is 27.8. The minimum Gasteiger partial charge on any atom is -0.748 e. The van der Waals surface area contributed by atoms with Crippen LogP contribution in [0.5, 0.6) is 0 Å². The Morgan fingerprint density at radius 3 is 1.13 bits per heavy atom. The van der Waals surface area contributed by atoms with E-state index in [2.05, 4.69) is 70.1 Å². The van der Waals surface area contributed by atoms with Crippen molar-refractivity contribution in [2.24, 2.45) is 0 Å². The fourth-order valence-electron chi connectivity index (χ4n) is 6.29. The Morgan fingerprint density at radius 1 is 0.403 bits per heavy atom. The molecule has 9 rings (SSSR count). The zero-order valence-electron chi connectivity index (χ0n) is 40.8. The molecule has 0 aromatic heterocycles. The molecular formula is C56H49F2IN2O10S6. The maximum Gasteiger partial charge on any atom is 0.357 e. The third-order valence-corrected chi connectivity index (χ3v) is 18.2. The summed E-state index contributed by atoms with van der Waals surface area (Å²) in [6.45, 7) is 0. The quantitative estimate of drug-likeness (QED) is 0.0635. The van der Waals surface area contributed by atoms with Crippen LogP contribution in [0.2, 0.25) is 0 Å².